The van der Waals surface area contributed by atoms with Gasteiger partial charge in [0.1, 0.15) is 6.04 Å². The number of aliphatic carboxylic acids is 1. The molecule has 0 aliphatic carbocycles. The van der Waals surface area contributed by atoms with E-state index < -0.39 is 17.7 Å². The summed E-state index contributed by atoms with van der Waals surface area (Å²) in [5.41, 5.74) is 2.93. The van der Waals surface area contributed by atoms with Crippen molar-refractivity contribution in [3.8, 4) is 0 Å². The lowest BCUT2D eigenvalue weighted by molar-refractivity contribution is -0.139. The van der Waals surface area contributed by atoms with Gasteiger partial charge < -0.3 is 19.9 Å². The zero-order valence-corrected chi connectivity index (χ0v) is 20.5. The Kier molecular flexibility index (Phi) is 14.7. The zero-order chi connectivity index (χ0) is 21.0. The van der Waals surface area contributed by atoms with Crippen LogP contribution in [0.2, 0.25) is 10.0 Å². The minimum absolute atomic E-state index is 0.0208. The quantitative estimate of drug-likeness (QED) is 0.229. The Balaban J connectivity index is 0.000000713. The van der Waals surface area contributed by atoms with E-state index in [4.69, 9.17) is 54.9 Å². The second-order valence-corrected chi connectivity index (χ2v) is 13.9. The summed E-state index contributed by atoms with van der Waals surface area (Å²) >= 11 is 20.6. The van der Waals surface area contributed by atoms with Gasteiger partial charge in [-0.05, 0) is 49.8 Å². The molecule has 0 saturated heterocycles. The monoisotopic (exact) mass is 493 g/mol. The Hall–Kier alpha value is 0.500. The van der Waals surface area contributed by atoms with E-state index in [-0.39, 0.29) is 5.92 Å². The molecule has 0 radical (unpaired) electrons. The number of rotatable bonds is 10. The lowest BCUT2D eigenvalue weighted by Gasteiger charge is -2.19. The highest BCUT2D eigenvalue weighted by atomic mass is 35.5. The molecule has 0 heterocycles. The number of halogens is 2. The van der Waals surface area contributed by atoms with Crippen LogP contribution in [-0.2, 0) is 25.6 Å². The van der Waals surface area contributed by atoms with Gasteiger partial charge in [-0.1, -0.05) is 48.4 Å². The Morgan fingerprint density at radius 2 is 1.85 bits per heavy atom. The van der Waals surface area contributed by atoms with Crippen LogP contribution in [0.3, 0.4) is 0 Å². The molecule has 11 heteroatoms. The summed E-state index contributed by atoms with van der Waals surface area (Å²) in [7, 11) is 0. The first-order chi connectivity index (χ1) is 12.6. The molecule has 5 nitrogen and oxygen atoms in total. The van der Waals surface area contributed by atoms with Crippen molar-refractivity contribution in [3.05, 3.63) is 28.2 Å². The largest absolute Gasteiger partial charge is 0.480 e. The van der Waals surface area contributed by atoms with Crippen LogP contribution < -0.4 is 5.73 Å². The molecule has 0 saturated carbocycles. The first-order valence-corrected chi connectivity index (χ1v) is 14.1. The Morgan fingerprint density at radius 3 is 2.26 bits per heavy atom. The van der Waals surface area contributed by atoms with E-state index in [0.717, 1.165) is 9.98 Å². The van der Waals surface area contributed by atoms with Gasteiger partial charge in [0, 0.05) is 9.92 Å². The van der Waals surface area contributed by atoms with E-state index in [1.54, 1.807) is 37.7 Å². The third-order valence-corrected chi connectivity index (χ3v) is 10.7. The highest BCUT2D eigenvalue weighted by molar-refractivity contribution is 8.69. The van der Waals surface area contributed by atoms with E-state index in [2.05, 4.69) is 0 Å². The highest BCUT2D eigenvalue weighted by Gasteiger charge is 2.19. The van der Waals surface area contributed by atoms with Gasteiger partial charge in [-0.2, -0.15) is 0 Å². The third kappa shape index (κ3) is 11.9. The van der Waals surface area contributed by atoms with Crippen molar-refractivity contribution in [2.75, 3.05) is 18.3 Å². The van der Waals surface area contributed by atoms with Crippen molar-refractivity contribution in [2.45, 2.75) is 38.6 Å². The first-order valence-electron chi connectivity index (χ1n) is 8.16. The third-order valence-electron chi connectivity index (χ3n) is 2.90. The van der Waals surface area contributed by atoms with Crippen molar-refractivity contribution in [3.63, 3.8) is 0 Å². The fourth-order valence-electron chi connectivity index (χ4n) is 1.46. The van der Waals surface area contributed by atoms with Crippen molar-refractivity contribution < 1.29 is 18.9 Å². The molecule has 0 amide bonds. The number of carboxylic acids is 1. The molecule has 1 atom stereocenters. The SMILES string of the molecule is CC(C)C(N)C(=O)O.CCOP(=S)(OCC)SCSc1cc(Cl)ccc1Cl. The molecule has 0 aliphatic heterocycles. The number of benzene rings is 1. The summed E-state index contributed by atoms with van der Waals surface area (Å²) in [6.07, 6.45) is 0. The average Bonchev–Trinajstić information content (AvgIpc) is 2.58. The molecular formula is C16H26Cl2NO4PS3. The van der Waals surface area contributed by atoms with Gasteiger partial charge >= 0.3 is 5.97 Å². The first kappa shape index (κ1) is 27.5. The van der Waals surface area contributed by atoms with Gasteiger partial charge in [-0.15, -0.1) is 11.8 Å². The second kappa shape index (κ2) is 14.5. The summed E-state index contributed by atoms with van der Waals surface area (Å²) in [6, 6.07) is 4.69. The van der Waals surface area contributed by atoms with Crippen LogP contribution in [0.25, 0.3) is 0 Å². The van der Waals surface area contributed by atoms with Crippen LogP contribution in [0.5, 0.6) is 0 Å². The number of hydrogen-bond donors (Lipinski definition) is 2. The topological polar surface area (TPSA) is 81.8 Å². The summed E-state index contributed by atoms with van der Waals surface area (Å²) < 4.78 is 11.1. The van der Waals surface area contributed by atoms with E-state index in [1.165, 1.54) is 11.4 Å². The molecule has 3 N–H and O–H groups in total. The smallest absolute Gasteiger partial charge is 0.320 e. The van der Waals surface area contributed by atoms with Crippen LogP contribution in [0.15, 0.2) is 23.1 Å². The maximum atomic E-state index is 10.0. The van der Waals surface area contributed by atoms with Gasteiger partial charge in [-0.3, -0.25) is 4.79 Å². The van der Waals surface area contributed by atoms with Crippen LogP contribution in [-0.4, -0.2) is 35.4 Å². The maximum absolute atomic E-state index is 10.0. The molecule has 0 aliphatic rings. The number of nitrogens with two attached hydrogens (primary N) is 1. The van der Waals surface area contributed by atoms with Crippen molar-refractivity contribution in [2.24, 2.45) is 11.7 Å². The van der Waals surface area contributed by atoms with Crippen LogP contribution in [0.1, 0.15) is 27.7 Å². The molecule has 1 unspecified atom stereocenters. The van der Waals surface area contributed by atoms with Crippen LogP contribution >= 0.6 is 52.0 Å². The summed E-state index contributed by atoms with van der Waals surface area (Å²) in [6.45, 7) is 8.51. The van der Waals surface area contributed by atoms with E-state index in [9.17, 15) is 4.79 Å². The van der Waals surface area contributed by atoms with Gasteiger partial charge in [0.05, 0.1) is 23.3 Å². The molecule has 0 aromatic heterocycles. The van der Waals surface area contributed by atoms with Gasteiger partial charge in [0.25, 0.3) is 0 Å². The molecular weight excluding hydrogens is 468 g/mol. The molecule has 0 fully saturated rings. The summed E-state index contributed by atoms with van der Waals surface area (Å²) in [5.74, 6) is -0.910. The molecule has 1 aromatic carbocycles. The number of carbonyl (C=O) groups is 1. The molecule has 156 valence electrons. The molecule has 27 heavy (non-hydrogen) atoms. The van der Waals surface area contributed by atoms with Crippen molar-refractivity contribution in [1.29, 1.82) is 0 Å². The van der Waals surface area contributed by atoms with Crippen molar-refractivity contribution >= 4 is 69.8 Å². The molecule has 1 aromatic rings. The molecule has 0 spiro atoms. The Morgan fingerprint density at radius 1 is 1.30 bits per heavy atom. The molecule has 1 rings (SSSR count). The van der Waals surface area contributed by atoms with Gasteiger partial charge in [-0.25, -0.2) is 0 Å². The normalized spacial score (nSPS) is 12.4. The Labute approximate surface area is 185 Å². The molecule has 0 bridgehead atoms. The lowest BCUT2D eigenvalue weighted by atomic mass is 10.1. The average molecular weight is 494 g/mol. The summed E-state index contributed by atoms with van der Waals surface area (Å²) in [4.78, 5) is 11.0. The number of hydrogen-bond acceptors (Lipinski definition) is 7. The number of thioether (sulfide) groups is 1. The minimum Gasteiger partial charge on any atom is -0.480 e. The predicted molar refractivity (Wildman–Crippen MR) is 123 cm³/mol. The van der Waals surface area contributed by atoms with Gasteiger partial charge in [0.2, 0.25) is 5.69 Å². The van der Waals surface area contributed by atoms with E-state index in [0.29, 0.717) is 23.3 Å². The summed E-state index contributed by atoms with van der Waals surface area (Å²) in [5, 5.41) is 10.3. The van der Waals surface area contributed by atoms with Gasteiger partial charge in [0.15, 0.2) is 0 Å². The van der Waals surface area contributed by atoms with E-state index >= 15 is 0 Å². The fraction of sp³-hybridized carbons (Fsp3) is 0.562. The van der Waals surface area contributed by atoms with Crippen molar-refractivity contribution in [1.82, 2.24) is 0 Å². The van der Waals surface area contributed by atoms with Crippen LogP contribution in [0, 0.1) is 5.92 Å². The minimum atomic E-state index is -2.23. The van der Waals surface area contributed by atoms with E-state index in [1.807, 2.05) is 19.9 Å². The van der Waals surface area contributed by atoms with Crippen LogP contribution in [0.4, 0.5) is 0 Å². The lowest BCUT2D eigenvalue weighted by Crippen LogP contribution is -2.34. The maximum Gasteiger partial charge on any atom is 0.320 e. The number of carboxylic acid groups (broad SMARTS) is 1. The fourth-order valence-corrected chi connectivity index (χ4v) is 8.99. The predicted octanol–water partition coefficient (Wildman–Crippen LogP) is 6.13. The Bertz CT molecular complexity index is 628. The second-order valence-electron chi connectivity index (χ2n) is 5.36. The highest BCUT2D eigenvalue weighted by Crippen LogP contribution is 2.62. The standard InChI is InChI=1S/C11H15Cl2O2PS3.C5H11NO2/c1-3-14-16(17,15-4-2)19-8-18-11-7-9(12)5-6-10(11)13;1-3(2)4(6)5(7)8/h5-7H,3-4,8H2,1-2H3;3-4H,6H2,1-2H3,(H,7,8). The zero-order valence-electron chi connectivity index (χ0n) is 15.7.